The molecular weight excluding hydrogens is 584 g/mol. The second kappa shape index (κ2) is 11.6. The molecule has 39 heavy (non-hydrogen) atoms. The molecule has 0 aliphatic carbocycles. The van der Waals surface area contributed by atoms with E-state index in [1.54, 1.807) is 24.3 Å². The highest BCUT2D eigenvalue weighted by Gasteiger charge is 2.23. The number of methoxy groups -OCH3 is 1. The number of hydrogen-bond donors (Lipinski definition) is 1. The van der Waals surface area contributed by atoms with Gasteiger partial charge in [-0.25, -0.2) is 4.98 Å². The molecule has 0 aliphatic heterocycles. The predicted octanol–water partition coefficient (Wildman–Crippen LogP) is 6.33. The standard InChI is InChI=1S/C29H28BrClN4O4/c1-17-8-6-7-9-22(17)33-25(36)16-39-26-21(31)12-18(13-24(26)38-5)15-32-35-27(37)20-14-19(30)10-11-23(20)34-28(35)29(2,3)4/h6-15H,16H2,1-5H3,(H,33,36). The normalized spacial score (nSPS) is 11.7. The molecule has 202 valence electrons. The van der Waals surface area contributed by atoms with Gasteiger partial charge in [0.05, 0.1) is 29.2 Å². The number of carbonyl (C=O) groups excluding carboxylic acids is 1. The monoisotopic (exact) mass is 610 g/mol. The number of rotatable bonds is 7. The van der Waals surface area contributed by atoms with Gasteiger partial charge < -0.3 is 14.8 Å². The third-order valence-electron chi connectivity index (χ3n) is 5.82. The molecular formula is C29H28BrClN4O4. The Morgan fingerprint density at radius 2 is 1.92 bits per heavy atom. The largest absolute Gasteiger partial charge is 0.493 e. The summed E-state index contributed by atoms with van der Waals surface area (Å²) in [6.07, 6.45) is 1.51. The second-order valence-corrected chi connectivity index (χ2v) is 11.2. The smallest absolute Gasteiger partial charge is 0.282 e. The van der Waals surface area contributed by atoms with Crippen molar-refractivity contribution < 1.29 is 14.3 Å². The van der Waals surface area contributed by atoms with E-state index in [2.05, 4.69) is 26.3 Å². The van der Waals surface area contributed by atoms with Crippen LogP contribution in [0.3, 0.4) is 0 Å². The molecule has 0 unspecified atom stereocenters. The molecule has 1 N–H and O–H groups in total. The molecule has 0 radical (unpaired) electrons. The van der Waals surface area contributed by atoms with Gasteiger partial charge in [-0.3, -0.25) is 9.59 Å². The van der Waals surface area contributed by atoms with Crippen molar-refractivity contribution in [1.82, 2.24) is 9.66 Å². The average Bonchev–Trinajstić information content (AvgIpc) is 2.88. The van der Waals surface area contributed by atoms with Gasteiger partial charge in [0, 0.05) is 15.6 Å². The molecule has 4 aromatic rings. The zero-order chi connectivity index (χ0) is 28.3. The van der Waals surface area contributed by atoms with Crippen molar-refractivity contribution in [2.45, 2.75) is 33.1 Å². The zero-order valence-corrected chi connectivity index (χ0v) is 24.6. The van der Waals surface area contributed by atoms with Gasteiger partial charge in [-0.05, 0) is 54.4 Å². The fraction of sp³-hybridized carbons (Fsp3) is 0.241. The summed E-state index contributed by atoms with van der Waals surface area (Å²) in [6, 6.07) is 16.1. The lowest BCUT2D eigenvalue weighted by Crippen LogP contribution is -2.29. The summed E-state index contributed by atoms with van der Waals surface area (Å²) >= 11 is 9.93. The first-order chi connectivity index (χ1) is 18.5. The predicted molar refractivity (Wildman–Crippen MR) is 159 cm³/mol. The molecule has 4 rings (SSSR count). The Kier molecular flexibility index (Phi) is 8.42. The van der Waals surface area contributed by atoms with E-state index in [4.69, 9.17) is 26.1 Å². The molecule has 0 bridgehead atoms. The Balaban J connectivity index is 1.62. The Morgan fingerprint density at radius 3 is 2.62 bits per heavy atom. The van der Waals surface area contributed by atoms with Crippen molar-refractivity contribution in [2.75, 3.05) is 19.0 Å². The minimum atomic E-state index is -0.455. The summed E-state index contributed by atoms with van der Waals surface area (Å²) in [5.74, 6) is 0.714. The zero-order valence-electron chi connectivity index (χ0n) is 22.2. The van der Waals surface area contributed by atoms with Crippen LogP contribution in [0.5, 0.6) is 11.5 Å². The van der Waals surface area contributed by atoms with Gasteiger partial charge in [0.1, 0.15) is 5.82 Å². The highest BCUT2D eigenvalue weighted by atomic mass is 79.9. The lowest BCUT2D eigenvalue weighted by atomic mass is 9.95. The Bertz CT molecular complexity index is 1640. The van der Waals surface area contributed by atoms with Gasteiger partial charge in [0.2, 0.25) is 0 Å². The van der Waals surface area contributed by atoms with Crippen LogP contribution in [0.15, 0.2) is 69.0 Å². The topological polar surface area (TPSA) is 94.8 Å². The number of nitrogens with zero attached hydrogens (tertiary/aromatic N) is 3. The molecule has 0 fully saturated rings. The Morgan fingerprint density at radius 1 is 1.18 bits per heavy atom. The van der Waals surface area contributed by atoms with Gasteiger partial charge >= 0.3 is 0 Å². The van der Waals surface area contributed by atoms with Crippen molar-refractivity contribution >= 4 is 56.2 Å². The summed E-state index contributed by atoms with van der Waals surface area (Å²) in [4.78, 5) is 30.6. The number of ether oxygens (including phenoxy) is 2. The number of aromatic nitrogens is 2. The van der Waals surface area contributed by atoms with Crippen molar-refractivity contribution in [3.8, 4) is 11.5 Å². The van der Waals surface area contributed by atoms with Crippen molar-refractivity contribution in [3.63, 3.8) is 0 Å². The molecule has 0 aliphatic rings. The van der Waals surface area contributed by atoms with E-state index < -0.39 is 5.41 Å². The van der Waals surface area contributed by atoms with E-state index in [1.165, 1.54) is 18.0 Å². The molecule has 0 atom stereocenters. The lowest BCUT2D eigenvalue weighted by molar-refractivity contribution is -0.118. The van der Waals surface area contributed by atoms with Crippen LogP contribution in [0.1, 0.15) is 37.7 Å². The number of benzene rings is 3. The molecule has 1 amide bonds. The van der Waals surface area contributed by atoms with E-state index in [-0.39, 0.29) is 28.8 Å². The van der Waals surface area contributed by atoms with Crippen molar-refractivity contribution in [2.24, 2.45) is 5.10 Å². The summed E-state index contributed by atoms with van der Waals surface area (Å²) in [6.45, 7) is 7.54. The summed E-state index contributed by atoms with van der Waals surface area (Å²) in [7, 11) is 1.47. The average molecular weight is 612 g/mol. The number of hydrogen-bond acceptors (Lipinski definition) is 6. The first-order valence-corrected chi connectivity index (χ1v) is 13.3. The van der Waals surface area contributed by atoms with Crippen LogP contribution in [-0.4, -0.2) is 35.5 Å². The van der Waals surface area contributed by atoms with Crippen LogP contribution in [0.25, 0.3) is 10.9 Å². The van der Waals surface area contributed by atoms with Crippen LogP contribution in [-0.2, 0) is 10.2 Å². The van der Waals surface area contributed by atoms with Crippen LogP contribution in [0.2, 0.25) is 5.02 Å². The van der Waals surface area contributed by atoms with E-state index in [9.17, 15) is 9.59 Å². The maximum atomic E-state index is 13.4. The quantitative estimate of drug-likeness (QED) is 0.247. The number of para-hydroxylation sites is 1. The van der Waals surface area contributed by atoms with Crippen LogP contribution in [0.4, 0.5) is 5.69 Å². The SMILES string of the molecule is COc1cc(C=Nn2c(C(C)(C)C)nc3ccc(Br)cc3c2=O)cc(Cl)c1OCC(=O)Nc1ccccc1C. The highest BCUT2D eigenvalue weighted by Crippen LogP contribution is 2.36. The van der Waals surface area contributed by atoms with E-state index in [1.807, 2.05) is 58.0 Å². The van der Waals surface area contributed by atoms with Crippen molar-refractivity contribution in [1.29, 1.82) is 0 Å². The lowest BCUT2D eigenvalue weighted by Gasteiger charge is -2.21. The van der Waals surface area contributed by atoms with Gasteiger partial charge in [0.25, 0.3) is 11.5 Å². The molecule has 0 spiro atoms. The molecule has 1 aromatic heterocycles. The maximum absolute atomic E-state index is 13.4. The number of aryl methyl sites for hydroxylation is 1. The fourth-order valence-corrected chi connectivity index (χ4v) is 4.49. The van der Waals surface area contributed by atoms with Gasteiger partial charge in [-0.2, -0.15) is 9.78 Å². The highest BCUT2D eigenvalue weighted by molar-refractivity contribution is 9.10. The van der Waals surface area contributed by atoms with Gasteiger partial charge in [0.15, 0.2) is 18.1 Å². The van der Waals surface area contributed by atoms with E-state index >= 15 is 0 Å². The number of anilines is 1. The second-order valence-electron chi connectivity index (χ2n) is 9.89. The molecule has 8 nitrogen and oxygen atoms in total. The van der Waals surface area contributed by atoms with E-state index in [0.29, 0.717) is 33.7 Å². The van der Waals surface area contributed by atoms with Gasteiger partial charge in [-0.1, -0.05) is 66.5 Å². The molecule has 1 heterocycles. The third-order valence-corrected chi connectivity index (χ3v) is 6.59. The first kappa shape index (κ1) is 28.3. The van der Waals surface area contributed by atoms with Crippen LogP contribution in [0, 0.1) is 6.92 Å². The van der Waals surface area contributed by atoms with Crippen LogP contribution >= 0.6 is 27.5 Å². The third kappa shape index (κ3) is 6.49. The first-order valence-electron chi connectivity index (χ1n) is 12.1. The Hall–Kier alpha value is -3.69. The number of halogens is 2. The summed E-state index contributed by atoms with van der Waals surface area (Å²) in [5.41, 5.74) is 2.06. The summed E-state index contributed by atoms with van der Waals surface area (Å²) < 4.78 is 13.3. The number of fused-ring (bicyclic) bond motifs is 1. The van der Waals surface area contributed by atoms with Crippen molar-refractivity contribution in [3.05, 3.63) is 91.4 Å². The molecule has 3 aromatic carbocycles. The maximum Gasteiger partial charge on any atom is 0.282 e. The Labute approximate surface area is 239 Å². The van der Waals surface area contributed by atoms with Crippen LogP contribution < -0.4 is 20.3 Å². The number of nitrogens with one attached hydrogen (secondary N) is 1. The number of amides is 1. The molecule has 0 saturated heterocycles. The minimum Gasteiger partial charge on any atom is -0.493 e. The molecule has 10 heteroatoms. The van der Waals surface area contributed by atoms with Gasteiger partial charge in [-0.15, -0.1) is 0 Å². The molecule has 0 saturated carbocycles. The number of carbonyl (C=O) groups is 1. The fourth-order valence-electron chi connectivity index (χ4n) is 3.86. The minimum absolute atomic E-state index is 0.223. The van der Waals surface area contributed by atoms with E-state index in [0.717, 1.165) is 10.0 Å². The summed E-state index contributed by atoms with van der Waals surface area (Å²) in [5, 5.41) is 7.96.